The molecule has 0 bridgehead atoms. The number of carbonyl (C=O) groups excluding carboxylic acids is 1. The third kappa shape index (κ3) is 5.23. The van der Waals surface area contributed by atoms with Crippen molar-refractivity contribution in [2.45, 2.75) is 64.5 Å². The Morgan fingerprint density at radius 3 is 2.42 bits per heavy atom. The molecule has 2 unspecified atom stereocenters. The van der Waals surface area contributed by atoms with Crippen molar-refractivity contribution < 1.29 is 4.79 Å². The number of amides is 1. The summed E-state index contributed by atoms with van der Waals surface area (Å²) in [5.74, 6) is 1.37. The van der Waals surface area contributed by atoms with Gasteiger partial charge in [-0.1, -0.05) is 63.4 Å². The van der Waals surface area contributed by atoms with Crippen molar-refractivity contribution in [3.8, 4) is 0 Å². The highest BCUT2D eigenvalue weighted by Gasteiger charge is 2.38. The molecule has 1 aliphatic carbocycles. The zero-order valence-corrected chi connectivity index (χ0v) is 19.5. The van der Waals surface area contributed by atoms with E-state index in [0.717, 1.165) is 26.2 Å². The van der Waals surface area contributed by atoms with Crippen LogP contribution >= 0.6 is 0 Å². The molecular formula is C27H39N3O. The second-order valence-corrected chi connectivity index (χ2v) is 10.0. The number of carbonyl (C=O) groups is 1. The molecule has 2 fully saturated rings. The molecule has 1 aliphatic heterocycles. The lowest BCUT2D eigenvalue weighted by Gasteiger charge is -2.38. The molecule has 1 amide bonds. The molecule has 2 atom stereocenters. The Labute approximate surface area is 188 Å². The zero-order valence-electron chi connectivity index (χ0n) is 19.5. The van der Waals surface area contributed by atoms with Gasteiger partial charge in [0.05, 0.1) is 0 Å². The van der Waals surface area contributed by atoms with Gasteiger partial charge in [0.15, 0.2) is 0 Å². The van der Waals surface area contributed by atoms with Crippen LogP contribution in [-0.4, -0.2) is 46.0 Å². The summed E-state index contributed by atoms with van der Waals surface area (Å²) in [4.78, 5) is 18.1. The van der Waals surface area contributed by atoms with E-state index in [-0.39, 0.29) is 5.92 Å². The molecule has 1 aromatic carbocycles. The minimum absolute atomic E-state index is 0.0676. The molecule has 4 heteroatoms. The number of aryl methyl sites for hydroxylation is 1. The zero-order chi connectivity index (χ0) is 21.8. The highest BCUT2D eigenvalue weighted by atomic mass is 16.2. The Hall–Kier alpha value is -2.07. The Morgan fingerprint density at radius 1 is 1.03 bits per heavy atom. The number of likely N-dealkylation sites (tertiary alicyclic amines) is 1. The highest BCUT2D eigenvalue weighted by molar-refractivity contribution is 5.78. The Morgan fingerprint density at radius 2 is 1.77 bits per heavy atom. The molecule has 31 heavy (non-hydrogen) atoms. The van der Waals surface area contributed by atoms with Crippen molar-refractivity contribution in [3.05, 3.63) is 59.9 Å². The second kappa shape index (κ2) is 10.0. The van der Waals surface area contributed by atoms with E-state index in [9.17, 15) is 4.79 Å². The van der Waals surface area contributed by atoms with E-state index in [4.69, 9.17) is 0 Å². The minimum atomic E-state index is 0.0676. The van der Waals surface area contributed by atoms with Crippen molar-refractivity contribution in [2.75, 3.05) is 19.6 Å². The van der Waals surface area contributed by atoms with Gasteiger partial charge in [0, 0.05) is 63.0 Å². The molecule has 1 saturated heterocycles. The first kappa shape index (κ1) is 22.1. The summed E-state index contributed by atoms with van der Waals surface area (Å²) in [6, 6.07) is 15.8. The summed E-state index contributed by atoms with van der Waals surface area (Å²) in [5.41, 5.74) is 2.78. The molecule has 0 radical (unpaired) electrons. The predicted molar refractivity (Wildman–Crippen MR) is 127 cm³/mol. The van der Waals surface area contributed by atoms with Crippen molar-refractivity contribution in [1.82, 2.24) is 14.4 Å². The van der Waals surface area contributed by atoms with E-state index in [1.807, 2.05) is 0 Å². The van der Waals surface area contributed by atoms with Gasteiger partial charge in [0.25, 0.3) is 0 Å². The monoisotopic (exact) mass is 421 g/mol. The molecule has 1 aromatic heterocycles. The van der Waals surface area contributed by atoms with Gasteiger partial charge < -0.3 is 9.47 Å². The Balaban J connectivity index is 1.55. The minimum Gasteiger partial charge on any atom is -0.353 e. The van der Waals surface area contributed by atoms with Crippen LogP contribution in [0.5, 0.6) is 0 Å². The molecule has 4 nitrogen and oxygen atoms in total. The summed E-state index contributed by atoms with van der Waals surface area (Å²) < 4.78 is 2.22. The fourth-order valence-electron chi connectivity index (χ4n) is 5.64. The van der Waals surface area contributed by atoms with Gasteiger partial charge in [0.1, 0.15) is 0 Å². The van der Waals surface area contributed by atoms with E-state index in [1.54, 1.807) is 0 Å². The fourth-order valence-corrected chi connectivity index (χ4v) is 5.64. The van der Waals surface area contributed by atoms with Gasteiger partial charge in [-0.15, -0.1) is 0 Å². The molecule has 168 valence electrons. The average molecular weight is 422 g/mol. The number of nitrogens with zero attached hydrogens (tertiary/aromatic N) is 3. The maximum absolute atomic E-state index is 13.3. The maximum atomic E-state index is 13.3. The van der Waals surface area contributed by atoms with Crippen LogP contribution in [0.25, 0.3) is 0 Å². The lowest BCUT2D eigenvalue weighted by atomic mass is 9.86. The smallest absolute Gasteiger partial charge is 0.225 e. The topological polar surface area (TPSA) is 28.5 Å². The second-order valence-electron chi connectivity index (χ2n) is 10.0. The maximum Gasteiger partial charge on any atom is 0.225 e. The van der Waals surface area contributed by atoms with Crippen LogP contribution in [0.3, 0.4) is 0 Å². The number of benzene rings is 1. The highest BCUT2D eigenvalue weighted by Crippen LogP contribution is 2.36. The standard InChI is InChI=1S/C27H39N3O/c1-21(2)27(31)30(24-13-8-5-9-14-24)18-23-17-29(19-25-15-10-16-28(25)3)20-26(23)22-11-6-4-7-12-22/h4,6-7,10-12,15-16,21,23-24,26H,5,8-9,13-14,17-20H2,1-3H3. The number of rotatable bonds is 7. The summed E-state index contributed by atoms with van der Waals surface area (Å²) in [6.45, 7) is 8.11. The molecule has 2 heterocycles. The van der Waals surface area contributed by atoms with E-state index in [1.165, 1.54) is 43.4 Å². The largest absolute Gasteiger partial charge is 0.353 e. The Bertz CT molecular complexity index is 837. The van der Waals surface area contributed by atoms with Crippen LogP contribution in [0.4, 0.5) is 0 Å². The Kier molecular flexibility index (Phi) is 7.16. The van der Waals surface area contributed by atoms with Gasteiger partial charge >= 0.3 is 0 Å². The van der Waals surface area contributed by atoms with Crippen molar-refractivity contribution in [1.29, 1.82) is 0 Å². The van der Waals surface area contributed by atoms with E-state index in [0.29, 0.717) is 23.8 Å². The number of hydrogen-bond acceptors (Lipinski definition) is 2. The van der Waals surface area contributed by atoms with Crippen LogP contribution < -0.4 is 0 Å². The SMILES string of the molecule is CC(C)C(=O)N(CC1CN(Cc2cccn2C)CC1c1ccccc1)C1CCCCC1. The van der Waals surface area contributed by atoms with Crippen LogP contribution in [0.15, 0.2) is 48.7 Å². The molecule has 2 aliphatic rings. The first-order valence-corrected chi connectivity index (χ1v) is 12.2. The van der Waals surface area contributed by atoms with Gasteiger partial charge in [-0.3, -0.25) is 9.69 Å². The molecule has 1 saturated carbocycles. The quantitative estimate of drug-likeness (QED) is 0.625. The summed E-state index contributed by atoms with van der Waals surface area (Å²) in [7, 11) is 2.13. The van der Waals surface area contributed by atoms with Gasteiger partial charge in [-0.2, -0.15) is 0 Å². The summed E-state index contributed by atoms with van der Waals surface area (Å²) in [5, 5.41) is 0. The van der Waals surface area contributed by atoms with Crippen LogP contribution in [0.2, 0.25) is 0 Å². The van der Waals surface area contributed by atoms with Gasteiger partial charge in [0.2, 0.25) is 5.91 Å². The first-order chi connectivity index (χ1) is 15.0. The molecule has 0 N–H and O–H groups in total. The molecular weight excluding hydrogens is 382 g/mol. The first-order valence-electron chi connectivity index (χ1n) is 12.2. The van der Waals surface area contributed by atoms with Crippen LogP contribution in [-0.2, 0) is 18.4 Å². The molecule has 4 rings (SSSR count). The molecule has 0 spiro atoms. The average Bonchev–Trinajstić information content (AvgIpc) is 3.38. The molecule has 2 aromatic rings. The number of hydrogen-bond donors (Lipinski definition) is 0. The summed E-state index contributed by atoms with van der Waals surface area (Å²) in [6.07, 6.45) is 8.32. The van der Waals surface area contributed by atoms with Crippen LogP contribution in [0, 0.1) is 11.8 Å². The van der Waals surface area contributed by atoms with Crippen LogP contribution in [0.1, 0.15) is 63.1 Å². The normalized spacial score (nSPS) is 22.8. The number of aromatic nitrogens is 1. The predicted octanol–water partition coefficient (Wildman–Crippen LogP) is 5.06. The third-order valence-corrected chi connectivity index (χ3v) is 7.40. The van der Waals surface area contributed by atoms with Crippen molar-refractivity contribution >= 4 is 5.91 Å². The summed E-state index contributed by atoms with van der Waals surface area (Å²) >= 11 is 0. The van der Waals surface area contributed by atoms with Gasteiger partial charge in [-0.25, -0.2) is 0 Å². The van der Waals surface area contributed by atoms with Gasteiger partial charge in [-0.05, 0) is 36.5 Å². The van der Waals surface area contributed by atoms with Crippen molar-refractivity contribution in [3.63, 3.8) is 0 Å². The lowest BCUT2D eigenvalue weighted by Crippen LogP contribution is -2.47. The lowest BCUT2D eigenvalue weighted by molar-refractivity contribution is -0.138. The van der Waals surface area contributed by atoms with E-state index < -0.39 is 0 Å². The van der Waals surface area contributed by atoms with E-state index >= 15 is 0 Å². The van der Waals surface area contributed by atoms with E-state index in [2.05, 4.69) is 83.9 Å². The van der Waals surface area contributed by atoms with Crippen molar-refractivity contribution in [2.24, 2.45) is 18.9 Å². The fraction of sp³-hybridized carbons (Fsp3) is 0.593. The third-order valence-electron chi connectivity index (χ3n) is 7.40.